The molecule has 2 aliphatic carbocycles. The number of rotatable bonds is 1. The van der Waals surface area contributed by atoms with Crippen molar-refractivity contribution in [1.82, 2.24) is 0 Å². The first kappa shape index (κ1) is 12.4. The van der Waals surface area contributed by atoms with Crippen molar-refractivity contribution in [3.05, 3.63) is 28.8 Å². The van der Waals surface area contributed by atoms with Crippen molar-refractivity contribution < 1.29 is 9.59 Å². The highest BCUT2D eigenvalue weighted by Crippen LogP contribution is 2.56. The van der Waals surface area contributed by atoms with Gasteiger partial charge in [-0.15, -0.1) is 0 Å². The minimum atomic E-state index is -0.0698. The van der Waals surface area contributed by atoms with E-state index in [-0.39, 0.29) is 23.7 Å². The van der Waals surface area contributed by atoms with Crippen molar-refractivity contribution in [2.45, 2.75) is 26.2 Å². The van der Waals surface area contributed by atoms with Crippen LogP contribution in [-0.4, -0.2) is 11.8 Å². The molecule has 3 nitrogen and oxygen atoms in total. The van der Waals surface area contributed by atoms with Crippen molar-refractivity contribution in [1.29, 1.82) is 0 Å². The molecular weight excluding hydrogens is 274 g/mol. The van der Waals surface area contributed by atoms with Gasteiger partial charge in [0.2, 0.25) is 11.8 Å². The molecule has 4 atom stereocenters. The van der Waals surface area contributed by atoms with Crippen LogP contribution in [0.3, 0.4) is 0 Å². The Kier molecular flexibility index (Phi) is 2.53. The fraction of sp³-hybridized carbons (Fsp3) is 0.500. The minimum Gasteiger partial charge on any atom is -0.274 e. The van der Waals surface area contributed by atoms with Crippen LogP contribution in [-0.2, 0) is 9.59 Å². The lowest BCUT2D eigenvalue weighted by molar-refractivity contribution is -0.123. The molecule has 4 heteroatoms. The summed E-state index contributed by atoms with van der Waals surface area (Å²) in [5.41, 5.74) is 1.48. The van der Waals surface area contributed by atoms with E-state index in [4.69, 9.17) is 11.6 Å². The molecule has 1 aromatic carbocycles. The SMILES string of the molecule is Cc1c(Cl)cccc1N1C(=O)[C@H]2[C@@H]3CC[C@H](C3)[C@@H]2C1=O. The van der Waals surface area contributed by atoms with E-state index in [2.05, 4.69) is 0 Å². The summed E-state index contributed by atoms with van der Waals surface area (Å²) in [6.07, 6.45) is 3.27. The number of imide groups is 1. The molecule has 0 aromatic heterocycles. The van der Waals surface area contributed by atoms with Gasteiger partial charge >= 0.3 is 0 Å². The van der Waals surface area contributed by atoms with E-state index in [0.717, 1.165) is 24.8 Å². The maximum Gasteiger partial charge on any atom is 0.237 e. The molecule has 1 aliphatic heterocycles. The third kappa shape index (κ3) is 1.42. The lowest BCUT2D eigenvalue weighted by Gasteiger charge is -2.19. The number of nitrogens with zero attached hydrogens (tertiary/aromatic N) is 1. The van der Waals surface area contributed by atoms with Crippen molar-refractivity contribution in [2.75, 3.05) is 4.90 Å². The molecule has 20 heavy (non-hydrogen) atoms. The highest BCUT2D eigenvalue weighted by Gasteiger charge is 2.61. The number of carbonyl (C=O) groups excluding carboxylic acids is 2. The van der Waals surface area contributed by atoms with E-state index >= 15 is 0 Å². The fourth-order valence-electron chi connectivity index (χ4n) is 4.48. The quantitative estimate of drug-likeness (QED) is 0.745. The van der Waals surface area contributed by atoms with E-state index < -0.39 is 0 Å². The average Bonchev–Trinajstić information content (AvgIpc) is 3.09. The van der Waals surface area contributed by atoms with Gasteiger partial charge in [0.15, 0.2) is 0 Å². The van der Waals surface area contributed by atoms with Crippen LogP contribution in [0.25, 0.3) is 0 Å². The molecule has 1 aromatic rings. The van der Waals surface area contributed by atoms with E-state index in [0.29, 0.717) is 22.5 Å². The van der Waals surface area contributed by atoms with Gasteiger partial charge in [0.1, 0.15) is 0 Å². The minimum absolute atomic E-state index is 0.00225. The summed E-state index contributed by atoms with van der Waals surface area (Å²) in [5, 5.41) is 0.600. The second-order valence-corrected chi connectivity index (χ2v) is 6.69. The van der Waals surface area contributed by atoms with Gasteiger partial charge in [-0.3, -0.25) is 9.59 Å². The molecule has 0 unspecified atom stereocenters. The van der Waals surface area contributed by atoms with Crippen LogP contribution in [0.4, 0.5) is 5.69 Å². The molecule has 104 valence electrons. The third-order valence-corrected chi connectivity index (χ3v) is 5.82. The Bertz CT molecular complexity index is 599. The number of hydrogen-bond donors (Lipinski definition) is 0. The summed E-state index contributed by atoms with van der Waals surface area (Å²) < 4.78 is 0. The molecule has 1 saturated heterocycles. The molecule has 1 heterocycles. The first-order chi connectivity index (χ1) is 9.59. The van der Waals surface area contributed by atoms with Gasteiger partial charge < -0.3 is 0 Å². The Morgan fingerprint density at radius 2 is 1.70 bits per heavy atom. The van der Waals surface area contributed by atoms with Gasteiger partial charge in [0.25, 0.3) is 0 Å². The van der Waals surface area contributed by atoms with Gasteiger partial charge in [0.05, 0.1) is 17.5 Å². The molecule has 0 radical (unpaired) electrons. The molecule has 3 fully saturated rings. The Labute approximate surface area is 122 Å². The van der Waals surface area contributed by atoms with Gasteiger partial charge in [-0.25, -0.2) is 4.90 Å². The highest BCUT2D eigenvalue weighted by atomic mass is 35.5. The van der Waals surface area contributed by atoms with Crippen LogP contribution in [0.1, 0.15) is 24.8 Å². The zero-order valence-electron chi connectivity index (χ0n) is 11.3. The Balaban J connectivity index is 1.79. The highest BCUT2D eigenvalue weighted by molar-refractivity contribution is 6.32. The van der Waals surface area contributed by atoms with Gasteiger partial charge in [-0.1, -0.05) is 17.7 Å². The fourth-order valence-corrected chi connectivity index (χ4v) is 4.65. The largest absolute Gasteiger partial charge is 0.274 e. The molecule has 3 aliphatic rings. The number of hydrogen-bond acceptors (Lipinski definition) is 2. The van der Waals surface area contributed by atoms with Crippen LogP contribution in [0.2, 0.25) is 5.02 Å². The van der Waals surface area contributed by atoms with Crippen LogP contribution < -0.4 is 4.90 Å². The van der Waals surface area contributed by atoms with Gasteiger partial charge in [0, 0.05) is 5.02 Å². The smallest absolute Gasteiger partial charge is 0.237 e. The molecular formula is C16H16ClNO2. The Morgan fingerprint density at radius 3 is 2.30 bits per heavy atom. The summed E-state index contributed by atoms with van der Waals surface area (Å²) in [6.45, 7) is 1.86. The average molecular weight is 290 g/mol. The van der Waals surface area contributed by atoms with Crippen LogP contribution in [0.15, 0.2) is 18.2 Å². The predicted molar refractivity (Wildman–Crippen MR) is 76.5 cm³/mol. The molecule has 0 spiro atoms. The second-order valence-electron chi connectivity index (χ2n) is 6.28. The lowest BCUT2D eigenvalue weighted by Crippen LogP contribution is -2.33. The lowest BCUT2D eigenvalue weighted by atomic mass is 9.81. The first-order valence-electron chi connectivity index (χ1n) is 7.22. The monoisotopic (exact) mass is 289 g/mol. The standard InChI is InChI=1S/C16H16ClNO2/c1-8-11(17)3-2-4-12(8)18-15(19)13-9-5-6-10(7-9)14(13)16(18)20/h2-4,9-10,13-14H,5-7H2,1H3/t9-,10-,13+,14+/m1/s1. The van der Waals surface area contributed by atoms with Gasteiger partial charge in [-0.2, -0.15) is 0 Å². The van der Waals surface area contributed by atoms with E-state index in [1.54, 1.807) is 12.1 Å². The number of amides is 2. The maximum absolute atomic E-state index is 12.7. The number of fused-ring (bicyclic) bond motifs is 5. The first-order valence-corrected chi connectivity index (χ1v) is 7.60. The Morgan fingerprint density at radius 1 is 1.10 bits per heavy atom. The normalized spacial score (nSPS) is 35.0. The second kappa shape index (κ2) is 4.08. The molecule has 0 N–H and O–H groups in total. The number of carbonyl (C=O) groups is 2. The maximum atomic E-state index is 12.7. The van der Waals surface area contributed by atoms with E-state index in [1.807, 2.05) is 13.0 Å². The van der Waals surface area contributed by atoms with Crippen LogP contribution in [0, 0.1) is 30.6 Å². The predicted octanol–water partition coefficient (Wildman–Crippen LogP) is 3.18. The van der Waals surface area contributed by atoms with Crippen LogP contribution >= 0.6 is 11.6 Å². The number of halogens is 1. The van der Waals surface area contributed by atoms with Crippen molar-refractivity contribution in [3.63, 3.8) is 0 Å². The summed E-state index contributed by atoms with van der Waals surface area (Å²) in [5.74, 6) is 0.700. The molecule has 2 bridgehead atoms. The van der Waals surface area contributed by atoms with Gasteiger partial charge in [-0.05, 0) is 55.7 Å². The van der Waals surface area contributed by atoms with Crippen molar-refractivity contribution >= 4 is 29.1 Å². The summed E-state index contributed by atoms with van der Waals surface area (Å²) in [6, 6.07) is 5.41. The summed E-state index contributed by atoms with van der Waals surface area (Å²) >= 11 is 6.13. The number of benzene rings is 1. The third-order valence-electron chi connectivity index (χ3n) is 5.41. The van der Waals surface area contributed by atoms with Crippen LogP contribution in [0.5, 0.6) is 0 Å². The zero-order chi connectivity index (χ0) is 14.0. The zero-order valence-corrected chi connectivity index (χ0v) is 12.1. The van der Waals surface area contributed by atoms with Crippen molar-refractivity contribution in [3.8, 4) is 0 Å². The van der Waals surface area contributed by atoms with E-state index in [9.17, 15) is 9.59 Å². The number of anilines is 1. The topological polar surface area (TPSA) is 37.4 Å². The molecule has 2 amide bonds. The molecule has 4 rings (SSSR count). The summed E-state index contributed by atoms with van der Waals surface area (Å²) in [4.78, 5) is 26.8. The Hall–Kier alpha value is -1.35. The summed E-state index contributed by atoms with van der Waals surface area (Å²) in [7, 11) is 0. The van der Waals surface area contributed by atoms with Crippen molar-refractivity contribution in [2.24, 2.45) is 23.7 Å². The van der Waals surface area contributed by atoms with E-state index in [1.165, 1.54) is 4.90 Å². The molecule has 2 saturated carbocycles.